The number of nitrogens with one attached hydrogen (secondary N) is 3. The van der Waals surface area contributed by atoms with Crippen molar-refractivity contribution >= 4 is 36.3 Å². The average molecular weight is 481 g/mol. The third kappa shape index (κ3) is 9.83. The molecule has 0 heterocycles. The Labute approximate surface area is 200 Å². The van der Waals surface area contributed by atoms with E-state index in [1.165, 1.54) is 0 Å². The van der Waals surface area contributed by atoms with Crippen molar-refractivity contribution in [2.75, 3.05) is 5.75 Å². The molecule has 10 heteroatoms. The van der Waals surface area contributed by atoms with Crippen molar-refractivity contribution in [2.24, 2.45) is 17.6 Å². The van der Waals surface area contributed by atoms with Gasteiger partial charge in [-0.15, -0.1) is 0 Å². The van der Waals surface area contributed by atoms with Gasteiger partial charge in [0.05, 0.1) is 6.04 Å². The summed E-state index contributed by atoms with van der Waals surface area (Å²) in [5.41, 5.74) is 6.67. The number of nitrogens with two attached hydrogens (primary N) is 1. The lowest BCUT2D eigenvalue weighted by molar-refractivity contribution is -0.143. The Kier molecular flexibility index (Phi) is 11.9. The van der Waals surface area contributed by atoms with E-state index >= 15 is 0 Å². The van der Waals surface area contributed by atoms with Gasteiger partial charge in [0, 0.05) is 12.2 Å². The molecule has 0 saturated heterocycles. The van der Waals surface area contributed by atoms with Gasteiger partial charge in [-0.25, -0.2) is 4.79 Å². The summed E-state index contributed by atoms with van der Waals surface area (Å²) in [5.74, 6) is -3.04. The van der Waals surface area contributed by atoms with Crippen LogP contribution in [0.4, 0.5) is 0 Å². The van der Waals surface area contributed by atoms with Crippen LogP contribution in [0.2, 0.25) is 0 Å². The summed E-state index contributed by atoms with van der Waals surface area (Å²) in [6, 6.07) is 5.07. The monoisotopic (exact) mass is 480 g/mol. The zero-order valence-corrected chi connectivity index (χ0v) is 20.5. The third-order valence-electron chi connectivity index (χ3n) is 5.02. The highest BCUT2D eigenvalue weighted by molar-refractivity contribution is 7.80. The number of benzene rings is 1. The van der Waals surface area contributed by atoms with Crippen LogP contribution in [-0.4, -0.2) is 58.7 Å². The molecule has 1 rings (SSSR count). The normalized spacial score (nSPS) is 14.8. The first kappa shape index (κ1) is 28.4. The number of hydrogen-bond donors (Lipinski definition) is 6. The number of hydrogen-bond acceptors (Lipinski definition) is 6. The van der Waals surface area contributed by atoms with E-state index in [0.29, 0.717) is 6.42 Å². The molecule has 0 radical (unpaired) electrons. The first-order valence-corrected chi connectivity index (χ1v) is 11.6. The lowest BCUT2D eigenvalue weighted by atomic mass is 10.0. The largest absolute Gasteiger partial charge is 0.480 e. The van der Waals surface area contributed by atoms with Gasteiger partial charge in [-0.05, 0) is 23.8 Å². The lowest BCUT2D eigenvalue weighted by Crippen LogP contribution is -2.58. The Hall–Kier alpha value is -2.59. The van der Waals surface area contributed by atoms with Gasteiger partial charge in [0.25, 0.3) is 0 Å². The molecule has 4 unspecified atom stereocenters. The molecule has 184 valence electrons. The number of carbonyl (C=O) groups is 4. The molecule has 0 aromatic heterocycles. The van der Waals surface area contributed by atoms with Crippen molar-refractivity contribution in [3.63, 3.8) is 0 Å². The molecule has 4 atom stereocenters. The van der Waals surface area contributed by atoms with E-state index in [1.807, 2.05) is 19.9 Å². The van der Waals surface area contributed by atoms with E-state index in [1.54, 1.807) is 38.1 Å². The van der Waals surface area contributed by atoms with Crippen LogP contribution in [0, 0.1) is 11.8 Å². The standard InChI is InChI=1S/C23H36N4O5S/c1-13(2)10-16(24)20(28)26-18(12-33)22(30)25-17(11-15-8-6-5-7-9-15)21(29)27-19(14(3)4)23(31)32/h5-9,13-14,16-19,33H,10-12,24H2,1-4H3,(H,25,30)(H,26,28)(H,27,29)(H,31,32). The topological polar surface area (TPSA) is 151 Å². The highest BCUT2D eigenvalue weighted by Gasteiger charge is 2.31. The number of carboxylic acids is 1. The maximum Gasteiger partial charge on any atom is 0.326 e. The SMILES string of the molecule is CC(C)CC(N)C(=O)NC(CS)C(=O)NC(Cc1ccccc1)C(=O)NC(C(=O)O)C(C)C. The van der Waals surface area contributed by atoms with Crippen LogP contribution < -0.4 is 21.7 Å². The molecule has 0 saturated carbocycles. The summed E-state index contributed by atoms with van der Waals surface area (Å²) in [7, 11) is 0. The zero-order valence-electron chi connectivity index (χ0n) is 19.6. The van der Waals surface area contributed by atoms with Crippen LogP contribution in [0.5, 0.6) is 0 Å². The summed E-state index contributed by atoms with van der Waals surface area (Å²) in [6.45, 7) is 7.22. The summed E-state index contributed by atoms with van der Waals surface area (Å²) in [6.07, 6.45) is 0.598. The fourth-order valence-corrected chi connectivity index (χ4v) is 3.44. The van der Waals surface area contributed by atoms with E-state index in [4.69, 9.17) is 5.73 Å². The zero-order chi connectivity index (χ0) is 25.1. The second kappa shape index (κ2) is 13.8. The summed E-state index contributed by atoms with van der Waals surface area (Å²) >= 11 is 4.16. The smallest absolute Gasteiger partial charge is 0.326 e. The van der Waals surface area contributed by atoms with Crippen molar-refractivity contribution in [2.45, 2.75) is 64.7 Å². The first-order chi connectivity index (χ1) is 15.5. The molecule has 33 heavy (non-hydrogen) atoms. The van der Waals surface area contributed by atoms with E-state index in [-0.39, 0.29) is 24.0 Å². The van der Waals surface area contributed by atoms with Crippen molar-refractivity contribution in [1.82, 2.24) is 16.0 Å². The maximum absolute atomic E-state index is 12.9. The Bertz CT molecular complexity index is 803. The molecule has 0 bridgehead atoms. The van der Waals surface area contributed by atoms with Crippen LogP contribution in [0.25, 0.3) is 0 Å². The summed E-state index contributed by atoms with van der Waals surface area (Å²) in [4.78, 5) is 49.7. The molecule has 0 spiro atoms. The molecule has 0 aliphatic heterocycles. The van der Waals surface area contributed by atoms with Crippen molar-refractivity contribution in [3.8, 4) is 0 Å². The van der Waals surface area contributed by atoms with Gasteiger partial charge in [0.1, 0.15) is 18.1 Å². The van der Waals surface area contributed by atoms with Crippen molar-refractivity contribution in [3.05, 3.63) is 35.9 Å². The van der Waals surface area contributed by atoms with Gasteiger partial charge < -0.3 is 26.8 Å². The molecule has 0 aliphatic rings. The fraction of sp³-hybridized carbons (Fsp3) is 0.565. The Morgan fingerprint density at radius 3 is 1.94 bits per heavy atom. The number of thiol groups is 1. The van der Waals surface area contributed by atoms with E-state index in [2.05, 4.69) is 28.6 Å². The quantitative estimate of drug-likeness (QED) is 0.229. The van der Waals surface area contributed by atoms with E-state index in [0.717, 1.165) is 5.56 Å². The van der Waals surface area contributed by atoms with Gasteiger partial charge in [0.2, 0.25) is 17.7 Å². The Morgan fingerprint density at radius 1 is 0.909 bits per heavy atom. The molecule has 0 fully saturated rings. The van der Waals surface area contributed by atoms with E-state index < -0.39 is 47.9 Å². The summed E-state index contributed by atoms with van der Waals surface area (Å²) < 4.78 is 0. The molecule has 6 N–H and O–H groups in total. The molecule has 9 nitrogen and oxygen atoms in total. The molecular formula is C23H36N4O5S. The molecule has 1 aromatic carbocycles. The first-order valence-electron chi connectivity index (χ1n) is 11.0. The van der Waals surface area contributed by atoms with Crippen molar-refractivity contribution in [1.29, 1.82) is 0 Å². The van der Waals surface area contributed by atoms with Crippen LogP contribution >= 0.6 is 12.6 Å². The number of carboxylic acid groups (broad SMARTS) is 1. The van der Waals surface area contributed by atoms with Crippen LogP contribution in [-0.2, 0) is 25.6 Å². The molecular weight excluding hydrogens is 444 g/mol. The van der Waals surface area contributed by atoms with Crippen LogP contribution in [0.3, 0.4) is 0 Å². The molecule has 1 aromatic rings. The highest BCUT2D eigenvalue weighted by atomic mass is 32.1. The second-order valence-corrected chi connectivity index (χ2v) is 9.16. The number of carbonyl (C=O) groups excluding carboxylic acids is 3. The lowest BCUT2D eigenvalue weighted by Gasteiger charge is -2.25. The van der Waals surface area contributed by atoms with Gasteiger partial charge in [-0.1, -0.05) is 58.0 Å². The molecule has 3 amide bonds. The average Bonchev–Trinajstić information content (AvgIpc) is 2.74. The van der Waals surface area contributed by atoms with Gasteiger partial charge >= 0.3 is 5.97 Å². The number of amides is 3. The van der Waals surface area contributed by atoms with Crippen LogP contribution in [0.1, 0.15) is 39.7 Å². The fourth-order valence-electron chi connectivity index (χ4n) is 3.19. The maximum atomic E-state index is 12.9. The van der Waals surface area contributed by atoms with Gasteiger partial charge in [-0.2, -0.15) is 12.6 Å². The predicted octanol–water partition coefficient (Wildman–Crippen LogP) is 0.727. The minimum atomic E-state index is -1.16. The summed E-state index contributed by atoms with van der Waals surface area (Å²) in [5, 5.41) is 17.1. The Balaban J connectivity index is 3.00. The number of rotatable bonds is 13. The van der Waals surface area contributed by atoms with Crippen molar-refractivity contribution < 1.29 is 24.3 Å². The highest BCUT2D eigenvalue weighted by Crippen LogP contribution is 2.08. The second-order valence-electron chi connectivity index (χ2n) is 8.80. The molecule has 0 aliphatic carbocycles. The van der Waals surface area contributed by atoms with Gasteiger partial charge in [-0.3, -0.25) is 14.4 Å². The minimum Gasteiger partial charge on any atom is -0.480 e. The number of aliphatic carboxylic acids is 1. The predicted molar refractivity (Wildman–Crippen MR) is 130 cm³/mol. The van der Waals surface area contributed by atoms with Gasteiger partial charge in [0.15, 0.2) is 0 Å². The third-order valence-corrected chi connectivity index (χ3v) is 5.39. The minimum absolute atomic E-state index is 0.00457. The van der Waals surface area contributed by atoms with Crippen LogP contribution in [0.15, 0.2) is 30.3 Å². The van der Waals surface area contributed by atoms with E-state index in [9.17, 15) is 24.3 Å². The Morgan fingerprint density at radius 2 is 1.45 bits per heavy atom.